The van der Waals surface area contributed by atoms with Crippen LogP contribution in [0.2, 0.25) is 0 Å². The third-order valence-corrected chi connectivity index (χ3v) is 3.27. The van der Waals surface area contributed by atoms with Crippen molar-refractivity contribution in [2.45, 2.75) is 38.3 Å². The molecule has 1 rings (SSSR count). The zero-order chi connectivity index (χ0) is 15.0. The number of nitrogens with one attached hydrogen (secondary N) is 1. The van der Waals surface area contributed by atoms with Crippen molar-refractivity contribution in [3.8, 4) is 0 Å². The SMILES string of the molecule is CCCCC(N)C(=O)NC(CN(C)C)c1ccccc1. The predicted octanol–water partition coefficient (Wildman–Crippen LogP) is 1.92. The van der Waals surface area contributed by atoms with Crippen LogP contribution in [0.5, 0.6) is 0 Å². The molecule has 4 heteroatoms. The molecule has 3 N–H and O–H groups in total. The molecule has 0 heterocycles. The number of amides is 1. The molecule has 2 atom stereocenters. The molecule has 20 heavy (non-hydrogen) atoms. The number of carbonyl (C=O) groups excluding carboxylic acids is 1. The molecule has 1 amide bonds. The van der Waals surface area contributed by atoms with Crippen molar-refractivity contribution in [2.75, 3.05) is 20.6 Å². The summed E-state index contributed by atoms with van der Waals surface area (Å²) in [5.74, 6) is -0.0610. The molecular weight excluding hydrogens is 250 g/mol. The first-order valence-corrected chi connectivity index (χ1v) is 7.30. The van der Waals surface area contributed by atoms with Gasteiger partial charge in [-0.3, -0.25) is 4.79 Å². The van der Waals surface area contributed by atoms with E-state index in [0.29, 0.717) is 0 Å². The van der Waals surface area contributed by atoms with Crippen LogP contribution in [0.3, 0.4) is 0 Å². The van der Waals surface area contributed by atoms with Crippen molar-refractivity contribution in [3.05, 3.63) is 35.9 Å². The van der Waals surface area contributed by atoms with E-state index in [1.54, 1.807) is 0 Å². The zero-order valence-corrected chi connectivity index (χ0v) is 12.8. The second-order valence-electron chi connectivity index (χ2n) is 5.48. The fraction of sp³-hybridized carbons (Fsp3) is 0.562. The molecule has 1 aromatic rings. The summed E-state index contributed by atoms with van der Waals surface area (Å²) in [5, 5.41) is 3.07. The Kier molecular flexibility index (Phi) is 7.26. The maximum absolute atomic E-state index is 12.2. The molecule has 0 aliphatic heterocycles. The van der Waals surface area contributed by atoms with Gasteiger partial charge in [-0.2, -0.15) is 0 Å². The Bertz CT molecular complexity index is 392. The number of nitrogens with zero attached hydrogens (tertiary/aromatic N) is 1. The standard InChI is InChI=1S/C16H27N3O/c1-4-5-11-14(17)16(20)18-15(12-19(2)3)13-9-7-6-8-10-13/h6-10,14-15H,4-5,11-12,17H2,1-3H3,(H,18,20). The van der Waals surface area contributed by atoms with Gasteiger partial charge in [0.25, 0.3) is 0 Å². The van der Waals surface area contributed by atoms with Crippen molar-refractivity contribution in [3.63, 3.8) is 0 Å². The van der Waals surface area contributed by atoms with Crippen molar-refractivity contribution in [1.29, 1.82) is 0 Å². The van der Waals surface area contributed by atoms with E-state index >= 15 is 0 Å². The van der Waals surface area contributed by atoms with Crippen molar-refractivity contribution in [2.24, 2.45) is 5.73 Å². The normalized spacial score (nSPS) is 14.1. The van der Waals surface area contributed by atoms with Crippen molar-refractivity contribution >= 4 is 5.91 Å². The van der Waals surface area contributed by atoms with E-state index in [1.807, 2.05) is 44.4 Å². The third kappa shape index (κ3) is 5.72. The smallest absolute Gasteiger partial charge is 0.237 e. The molecule has 0 aromatic heterocycles. The van der Waals surface area contributed by atoms with E-state index in [0.717, 1.165) is 31.4 Å². The summed E-state index contributed by atoms with van der Waals surface area (Å²) in [5.41, 5.74) is 7.04. The molecule has 2 unspecified atom stereocenters. The predicted molar refractivity (Wildman–Crippen MR) is 83.4 cm³/mol. The highest BCUT2D eigenvalue weighted by molar-refractivity contribution is 5.81. The molecule has 0 saturated carbocycles. The average Bonchev–Trinajstić information content (AvgIpc) is 2.44. The Morgan fingerprint density at radius 3 is 2.50 bits per heavy atom. The lowest BCUT2D eigenvalue weighted by atomic mass is 10.0. The van der Waals surface area contributed by atoms with Crippen LogP contribution in [0.15, 0.2) is 30.3 Å². The van der Waals surface area contributed by atoms with Crippen LogP contribution in [0.1, 0.15) is 37.8 Å². The quantitative estimate of drug-likeness (QED) is 0.763. The van der Waals surface area contributed by atoms with Crippen LogP contribution >= 0.6 is 0 Å². The fourth-order valence-electron chi connectivity index (χ4n) is 2.12. The Morgan fingerprint density at radius 2 is 1.95 bits per heavy atom. The van der Waals surface area contributed by atoms with E-state index in [1.165, 1.54) is 0 Å². The van der Waals surface area contributed by atoms with Crippen molar-refractivity contribution < 1.29 is 4.79 Å². The number of carbonyl (C=O) groups is 1. The molecule has 0 bridgehead atoms. The summed E-state index contributed by atoms with van der Waals surface area (Å²) >= 11 is 0. The topological polar surface area (TPSA) is 58.4 Å². The van der Waals surface area contributed by atoms with Crippen LogP contribution in [-0.4, -0.2) is 37.5 Å². The highest BCUT2D eigenvalue weighted by atomic mass is 16.2. The minimum absolute atomic E-state index is 0.0219. The van der Waals surface area contributed by atoms with Gasteiger partial charge in [0.15, 0.2) is 0 Å². The van der Waals surface area contributed by atoms with E-state index in [-0.39, 0.29) is 11.9 Å². The number of unbranched alkanes of at least 4 members (excludes halogenated alkanes) is 1. The molecule has 0 radical (unpaired) electrons. The molecule has 0 fully saturated rings. The largest absolute Gasteiger partial charge is 0.347 e. The summed E-state index contributed by atoms with van der Waals surface area (Å²) in [6, 6.07) is 9.58. The summed E-state index contributed by atoms with van der Waals surface area (Å²) in [7, 11) is 4.00. The van der Waals surface area contributed by atoms with Crippen LogP contribution in [0.25, 0.3) is 0 Å². The first-order valence-electron chi connectivity index (χ1n) is 7.30. The molecule has 112 valence electrons. The second-order valence-corrected chi connectivity index (χ2v) is 5.48. The molecule has 0 spiro atoms. The van der Waals surface area contributed by atoms with Gasteiger partial charge in [-0.1, -0.05) is 50.1 Å². The Hall–Kier alpha value is -1.39. The van der Waals surface area contributed by atoms with Gasteiger partial charge >= 0.3 is 0 Å². The maximum Gasteiger partial charge on any atom is 0.237 e. The monoisotopic (exact) mass is 277 g/mol. The number of rotatable bonds is 8. The first-order chi connectivity index (χ1) is 9.54. The fourth-order valence-corrected chi connectivity index (χ4v) is 2.12. The Balaban J connectivity index is 2.68. The van der Waals surface area contributed by atoms with Gasteiger partial charge in [0, 0.05) is 6.54 Å². The van der Waals surface area contributed by atoms with E-state index in [9.17, 15) is 4.79 Å². The first kappa shape index (κ1) is 16.7. The van der Waals surface area contributed by atoms with Gasteiger partial charge in [0.2, 0.25) is 5.91 Å². The molecule has 0 saturated heterocycles. The minimum Gasteiger partial charge on any atom is -0.347 e. The Labute approximate surface area is 122 Å². The van der Waals surface area contributed by atoms with Crippen LogP contribution in [0.4, 0.5) is 0 Å². The van der Waals surface area contributed by atoms with Crippen molar-refractivity contribution in [1.82, 2.24) is 10.2 Å². The second kappa shape index (κ2) is 8.72. The molecule has 1 aromatic carbocycles. The Morgan fingerprint density at radius 1 is 1.30 bits per heavy atom. The lowest BCUT2D eigenvalue weighted by molar-refractivity contribution is -0.123. The van der Waals surface area contributed by atoms with Gasteiger partial charge < -0.3 is 16.0 Å². The molecular formula is C16H27N3O. The van der Waals surface area contributed by atoms with Gasteiger partial charge in [-0.15, -0.1) is 0 Å². The minimum atomic E-state index is -0.414. The van der Waals surface area contributed by atoms with Crippen LogP contribution in [-0.2, 0) is 4.79 Å². The highest BCUT2D eigenvalue weighted by Crippen LogP contribution is 2.13. The summed E-state index contributed by atoms with van der Waals surface area (Å²) in [4.78, 5) is 14.2. The number of hydrogen-bond donors (Lipinski definition) is 2. The number of hydrogen-bond acceptors (Lipinski definition) is 3. The van der Waals surface area contributed by atoms with Gasteiger partial charge in [-0.25, -0.2) is 0 Å². The third-order valence-electron chi connectivity index (χ3n) is 3.27. The molecule has 4 nitrogen and oxygen atoms in total. The lowest BCUT2D eigenvalue weighted by Gasteiger charge is -2.24. The van der Waals surface area contributed by atoms with Crippen LogP contribution < -0.4 is 11.1 Å². The highest BCUT2D eigenvalue weighted by Gasteiger charge is 2.19. The van der Waals surface area contributed by atoms with E-state index in [2.05, 4.69) is 17.1 Å². The average molecular weight is 277 g/mol. The van der Waals surface area contributed by atoms with Gasteiger partial charge in [0.05, 0.1) is 12.1 Å². The molecule has 0 aliphatic rings. The zero-order valence-electron chi connectivity index (χ0n) is 12.8. The van der Waals surface area contributed by atoms with Crippen LogP contribution in [0, 0.1) is 0 Å². The number of likely N-dealkylation sites (N-methyl/N-ethyl adjacent to an activating group) is 1. The van der Waals surface area contributed by atoms with Gasteiger partial charge in [0.1, 0.15) is 0 Å². The number of benzene rings is 1. The van der Waals surface area contributed by atoms with E-state index in [4.69, 9.17) is 5.73 Å². The maximum atomic E-state index is 12.2. The summed E-state index contributed by atoms with van der Waals surface area (Å²) < 4.78 is 0. The molecule has 0 aliphatic carbocycles. The summed E-state index contributed by atoms with van der Waals surface area (Å²) in [6.07, 6.45) is 2.78. The van der Waals surface area contributed by atoms with Gasteiger partial charge in [-0.05, 0) is 26.1 Å². The lowest BCUT2D eigenvalue weighted by Crippen LogP contribution is -2.44. The number of nitrogens with two attached hydrogens (primary N) is 1. The summed E-state index contributed by atoms with van der Waals surface area (Å²) in [6.45, 7) is 2.86. The van der Waals surface area contributed by atoms with E-state index < -0.39 is 6.04 Å².